The highest BCUT2D eigenvalue weighted by molar-refractivity contribution is 8.01. The van der Waals surface area contributed by atoms with Crippen LogP contribution in [0.25, 0.3) is 0 Å². The van der Waals surface area contributed by atoms with E-state index in [1.807, 2.05) is 0 Å². The zero-order valence-electron chi connectivity index (χ0n) is 16.0. The van der Waals surface area contributed by atoms with Crippen molar-refractivity contribution in [3.05, 3.63) is 0 Å². The first kappa shape index (κ1) is 20.7. The molecule has 0 nitrogen and oxygen atoms in total. The average molecular weight is 345 g/mol. The van der Waals surface area contributed by atoms with Crippen molar-refractivity contribution in [2.45, 2.75) is 114 Å². The van der Waals surface area contributed by atoms with Crippen LogP contribution in [0.5, 0.6) is 0 Å². The molecule has 0 aromatic heterocycles. The summed E-state index contributed by atoms with van der Waals surface area (Å²) in [6, 6.07) is 0. The number of hydrogen-bond acceptors (Lipinski definition) is 2. The van der Waals surface area contributed by atoms with Crippen LogP contribution >= 0.6 is 23.5 Å². The van der Waals surface area contributed by atoms with Gasteiger partial charge >= 0.3 is 0 Å². The Balaban J connectivity index is 0.000000224. The fraction of sp³-hybridized carbons (Fsp3) is 1.00. The molecule has 132 valence electrons. The Morgan fingerprint density at radius 1 is 0.909 bits per heavy atom. The third-order valence-corrected chi connectivity index (χ3v) is 8.71. The van der Waals surface area contributed by atoms with E-state index in [1.54, 1.807) is 0 Å². The van der Waals surface area contributed by atoms with Crippen LogP contribution < -0.4 is 0 Å². The van der Waals surface area contributed by atoms with Crippen LogP contribution in [0.2, 0.25) is 0 Å². The van der Waals surface area contributed by atoms with E-state index in [4.69, 9.17) is 0 Å². The Morgan fingerprint density at radius 3 is 2.32 bits per heavy atom. The van der Waals surface area contributed by atoms with E-state index in [9.17, 15) is 0 Å². The van der Waals surface area contributed by atoms with Gasteiger partial charge in [0.1, 0.15) is 0 Å². The van der Waals surface area contributed by atoms with E-state index < -0.39 is 0 Å². The fourth-order valence-electron chi connectivity index (χ4n) is 3.37. The molecule has 0 aromatic rings. The second-order valence-corrected chi connectivity index (χ2v) is 12.2. The van der Waals surface area contributed by atoms with Crippen molar-refractivity contribution in [2.24, 2.45) is 5.92 Å². The monoisotopic (exact) mass is 344 g/mol. The minimum absolute atomic E-state index is 0.560. The minimum Gasteiger partial charge on any atom is -0.155 e. The van der Waals surface area contributed by atoms with E-state index in [-0.39, 0.29) is 0 Å². The highest BCUT2D eigenvalue weighted by atomic mass is 32.2. The summed E-state index contributed by atoms with van der Waals surface area (Å²) in [7, 11) is 0. The molecule has 3 unspecified atom stereocenters. The Hall–Kier alpha value is 0.700. The lowest BCUT2D eigenvalue weighted by atomic mass is 9.98. The molecule has 0 radical (unpaired) electrons. The van der Waals surface area contributed by atoms with E-state index in [1.165, 1.54) is 63.5 Å². The van der Waals surface area contributed by atoms with Crippen LogP contribution in [0, 0.1) is 5.92 Å². The Morgan fingerprint density at radius 2 is 1.64 bits per heavy atom. The zero-order valence-corrected chi connectivity index (χ0v) is 17.7. The molecule has 22 heavy (non-hydrogen) atoms. The van der Waals surface area contributed by atoms with Gasteiger partial charge in [0.25, 0.3) is 0 Å². The second kappa shape index (κ2) is 9.87. The van der Waals surface area contributed by atoms with Gasteiger partial charge in [-0.3, -0.25) is 0 Å². The van der Waals surface area contributed by atoms with Gasteiger partial charge in [0.15, 0.2) is 0 Å². The largest absolute Gasteiger partial charge is 0.155 e. The molecule has 0 aromatic carbocycles. The average Bonchev–Trinajstić information content (AvgIpc) is 2.58. The highest BCUT2D eigenvalue weighted by Gasteiger charge is 2.26. The summed E-state index contributed by atoms with van der Waals surface area (Å²) in [4.78, 5) is 0. The normalized spacial score (nSPS) is 36.3. The molecular weight excluding hydrogens is 304 g/mol. The molecule has 0 saturated carbocycles. The Kier molecular flexibility index (Phi) is 9.30. The van der Waals surface area contributed by atoms with Gasteiger partial charge in [-0.05, 0) is 43.8 Å². The maximum Gasteiger partial charge on any atom is 0.0132 e. The van der Waals surface area contributed by atoms with Crippen molar-refractivity contribution in [1.82, 2.24) is 0 Å². The maximum absolute atomic E-state index is 2.44. The molecule has 0 aliphatic carbocycles. The number of hydrogen-bond donors (Lipinski definition) is 0. The summed E-state index contributed by atoms with van der Waals surface area (Å²) in [6.45, 7) is 14.3. The van der Waals surface area contributed by atoms with Gasteiger partial charge < -0.3 is 0 Å². The van der Waals surface area contributed by atoms with E-state index >= 15 is 0 Å². The van der Waals surface area contributed by atoms with Crippen LogP contribution in [0.15, 0.2) is 0 Å². The van der Waals surface area contributed by atoms with Crippen LogP contribution in [0.1, 0.15) is 99.3 Å². The molecule has 2 rings (SSSR count). The topological polar surface area (TPSA) is 0 Å². The first-order valence-corrected chi connectivity index (χ1v) is 11.4. The van der Waals surface area contributed by atoms with Crippen molar-refractivity contribution < 1.29 is 0 Å². The van der Waals surface area contributed by atoms with Crippen molar-refractivity contribution in [3.63, 3.8) is 0 Å². The Bertz CT molecular complexity index is 300. The van der Waals surface area contributed by atoms with Gasteiger partial charge in [-0.2, -0.15) is 23.5 Å². The molecule has 0 amide bonds. The van der Waals surface area contributed by atoms with Gasteiger partial charge in [0.05, 0.1) is 0 Å². The fourth-order valence-corrected chi connectivity index (χ4v) is 6.25. The molecule has 0 spiro atoms. The van der Waals surface area contributed by atoms with Gasteiger partial charge in [0, 0.05) is 14.7 Å². The van der Waals surface area contributed by atoms with Gasteiger partial charge in [0.2, 0.25) is 0 Å². The summed E-state index contributed by atoms with van der Waals surface area (Å²) < 4.78 is 1.14. The smallest absolute Gasteiger partial charge is 0.0132 e. The third kappa shape index (κ3) is 8.52. The predicted molar refractivity (Wildman–Crippen MR) is 108 cm³/mol. The first-order valence-electron chi connectivity index (χ1n) is 9.58. The van der Waals surface area contributed by atoms with Crippen molar-refractivity contribution in [1.29, 1.82) is 0 Å². The molecule has 0 bridgehead atoms. The molecular formula is C20H40S2. The molecule has 0 N–H and O–H groups in total. The van der Waals surface area contributed by atoms with Crippen molar-refractivity contribution >= 4 is 23.5 Å². The minimum atomic E-state index is 0.560. The number of thioether (sulfide) groups is 2. The molecule has 2 heterocycles. The lowest BCUT2D eigenvalue weighted by molar-refractivity contribution is 0.496. The summed E-state index contributed by atoms with van der Waals surface area (Å²) >= 11 is 4.37. The summed E-state index contributed by atoms with van der Waals surface area (Å²) in [5.41, 5.74) is 0. The van der Waals surface area contributed by atoms with Crippen LogP contribution in [-0.2, 0) is 0 Å². The van der Waals surface area contributed by atoms with Crippen molar-refractivity contribution in [2.75, 3.05) is 5.75 Å². The Labute approximate surface area is 149 Å². The zero-order chi connectivity index (χ0) is 16.6. The lowest BCUT2D eigenvalue weighted by Gasteiger charge is -2.32. The standard InChI is InChI=1S/C11H22S.C9H18S/c1-4-11(3)9-7-5-6-8-10(2)12-11;1-8-5-4-6-9(2,3)10-7-8/h10H,4-9H2,1-3H3;8H,4-7H2,1-3H3. The van der Waals surface area contributed by atoms with Crippen LogP contribution in [0.4, 0.5) is 0 Å². The van der Waals surface area contributed by atoms with Crippen LogP contribution in [0.3, 0.4) is 0 Å². The molecule has 2 aliphatic heterocycles. The molecule has 2 aliphatic rings. The first-order chi connectivity index (χ1) is 10.3. The summed E-state index contributed by atoms with van der Waals surface area (Å²) in [5.74, 6) is 2.32. The van der Waals surface area contributed by atoms with Gasteiger partial charge in [-0.15, -0.1) is 0 Å². The summed E-state index contributed by atoms with van der Waals surface area (Å²) in [6.07, 6.45) is 12.8. The van der Waals surface area contributed by atoms with Crippen LogP contribution in [-0.4, -0.2) is 20.5 Å². The van der Waals surface area contributed by atoms with E-state index in [0.29, 0.717) is 9.49 Å². The molecule has 2 fully saturated rings. The molecule has 2 heteroatoms. The number of rotatable bonds is 1. The third-order valence-electron chi connectivity index (χ3n) is 5.28. The maximum atomic E-state index is 2.44. The lowest BCUT2D eigenvalue weighted by Crippen LogP contribution is -2.23. The highest BCUT2D eigenvalue weighted by Crippen LogP contribution is 2.40. The molecule has 3 atom stereocenters. The molecule has 2 saturated heterocycles. The van der Waals surface area contributed by atoms with Gasteiger partial charge in [-0.25, -0.2) is 0 Å². The SMILES string of the molecule is CC1CCCC(C)(C)SC1.CCC1(C)CCCCCC(C)S1. The second-order valence-electron chi connectivity index (χ2n) is 8.40. The van der Waals surface area contributed by atoms with Crippen molar-refractivity contribution in [3.8, 4) is 0 Å². The van der Waals surface area contributed by atoms with Gasteiger partial charge in [-0.1, -0.05) is 67.2 Å². The van der Waals surface area contributed by atoms with E-state index in [2.05, 4.69) is 65.1 Å². The predicted octanol–water partition coefficient (Wildman–Crippen LogP) is 7.56. The quantitative estimate of drug-likeness (QED) is 0.481. The van der Waals surface area contributed by atoms with E-state index in [0.717, 1.165) is 11.2 Å². The summed E-state index contributed by atoms with van der Waals surface area (Å²) in [5, 5.41) is 0.884.